The number of rotatable bonds is 6. The fourth-order valence-electron chi connectivity index (χ4n) is 4.11. The Morgan fingerprint density at radius 1 is 1.20 bits per heavy atom. The topological polar surface area (TPSA) is 144 Å². The second-order valence-corrected chi connectivity index (χ2v) is 8.15. The molecule has 0 aliphatic carbocycles. The number of carbonyl (C=O) groups excluding carboxylic acids is 1. The van der Waals surface area contributed by atoms with Crippen LogP contribution in [0.15, 0.2) is 30.3 Å². The quantitative estimate of drug-likeness (QED) is 0.542. The van der Waals surface area contributed by atoms with E-state index < -0.39 is 11.9 Å². The van der Waals surface area contributed by atoms with Crippen molar-refractivity contribution in [3.63, 3.8) is 0 Å². The van der Waals surface area contributed by atoms with E-state index in [0.717, 1.165) is 5.56 Å². The number of anilines is 2. The molecule has 1 aromatic heterocycles. The normalized spacial score (nSPS) is 14.5. The van der Waals surface area contributed by atoms with Gasteiger partial charge < -0.3 is 30.7 Å². The molecule has 1 fully saturated rings. The van der Waals surface area contributed by atoms with Gasteiger partial charge in [0.2, 0.25) is 11.9 Å². The van der Waals surface area contributed by atoms with Crippen molar-refractivity contribution in [3.05, 3.63) is 47.3 Å². The number of methoxy groups -OCH3 is 2. The van der Waals surface area contributed by atoms with Gasteiger partial charge in [0.1, 0.15) is 11.3 Å². The molecule has 11 heteroatoms. The summed E-state index contributed by atoms with van der Waals surface area (Å²) < 4.78 is 25.4. The van der Waals surface area contributed by atoms with Crippen molar-refractivity contribution in [1.29, 1.82) is 5.26 Å². The molecule has 0 radical (unpaired) electrons. The van der Waals surface area contributed by atoms with E-state index >= 15 is 4.39 Å². The zero-order chi connectivity index (χ0) is 25.1. The number of ether oxygens (including phenoxy) is 2. The third-order valence-electron chi connectivity index (χ3n) is 6.05. The van der Waals surface area contributed by atoms with E-state index in [1.807, 2.05) is 11.0 Å². The van der Waals surface area contributed by atoms with E-state index in [0.29, 0.717) is 37.1 Å². The Balaban J connectivity index is 1.46. The van der Waals surface area contributed by atoms with Crippen LogP contribution < -0.4 is 25.8 Å². The molecule has 1 saturated heterocycles. The number of benzene rings is 2. The van der Waals surface area contributed by atoms with Gasteiger partial charge in [-0.1, -0.05) is 12.1 Å². The lowest BCUT2D eigenvalue weighted by molar-refractivity contribution is -0.131. The number of nitriles is 1. The van der Waals surface area contributed by atoms with Crippen molar-refractivity contribution in [3.8, 4) is 17.6 Å². The SMILES string of the molecule is COc1cc2c(N)nc(N3CCN(C(=O)C[C@@H](N)c4cccc(C#N)c4)CC3)nc2c(F)c1OC. The second-order valence-electron chi connectivity index (χ2n) is 8.15. The van der Waals surface area contributed by atoms with Gasteiger partial charge in [0.05, 0.1) is 25.9 Å². The predicted molar refractivity (Wildman–Crippen MR) is 129 cm³/mol. The molecule has 1 aliphatic rings. The lowest BCUT2D eigenvalue weighted by Gasteiger charge is -2.35. The minimum Gasteiger partial charge on any atom is -0.493 e. The monoisotopic (exact) mass is 479 g/mol. The molecule has 2 aromatic carbocycles. The molecule has 0 bridgehead atoms. The van der Waals surface area contributed by atoms with Gasteiger partial charge in [-0.15, -0.1) is 0 Å². The molecule has 2 heterocycles. The van der Waals surface area contributed by atoms with Gasteiger partial charge in [-0.2, -0.15) is 10.2 Å². The third-order valence-corrected chi connectivity index (χ3v) is 6.05. The van der Waals surface area contributed by atoms with Crippen LogP contribution in [0.25, 0.3) is 10.9 Å². The highest BCUT2D eigenvalue weighted by Crippen LogP contribution is 2.37. The Labute approximate surface area is 201 Å². The number of halogens is 1. The number of amides is 1. The largest absolute Gasteiger partial charge is 0.493 e. The van der Waals surface area contributed by atoms with Crippen molar-refractivity contribution >= 4 is 28.6 Å². The molecule has 4 rings (SSSR count). The summed E-state index contributed by atoms with van der Waals surface area (Å²) in [5, 5.41) is 9.39. The first-order valence-electron chi connectivity index (χ1n) is 11.0. The maximum Gasteiger partial charge on any atom is 0.228 e. The van der Waals surface area contributed by atoms with Gasteiger partial charge >= 0.3 is 0 Å². The predicted octanol–water partition coefficient (Wildman–Crippen LogP) is 1.98. The van der Waals surface area contributed by atoms with E-state index in [4.69, 9.17) is 26.2 Å². The average molecular weight is 480 g/mol. The minimum absolute atomic E-state index is 0.0363. The molecule has 0 saturated carbocycles. The molecule has 1 atom stereocenters. The first kappa shape index (κ1) is 24.0. The van der Waals surface area contributed by atoms with Gasteiger partial charge in [0.25, 0.3) is 0 Å². The summed E-state index contributed by atoms with van der Waals surface area (Å²) in [6.07, 6.45) is 0.126. The Kier molecular flexibility index (Phi) is 6.84. The Morgan fingerprint density at radius 3 is 2.60 bits per heavy atom. The molecule has 4 N–H and O–H groups in total. The van der Waals surface area contributed by atoms with Crippen molar-refractivity contribution in [2.75, 3.05) is 51.0 Å². The summed E-state index contributed by atoms with van der Waals surface area (Å²) in [6.45, 7) is 1.76. The van der Waals surface area contributed by atoms with Gasteiger partial charge in [-0.25, -0.2) is 9.37 Å². The van der Waals surface area contributed by atoms with Crippen LogP contribution in [0.5, 0.6) is 11.5 Å². The number of hydrogen-bond acceptors (Lipinski definition) is 9. The summed E-state index contributed by atoms with van der Waals surface area (Å²) in [6, 6.07) is 10.1. The van der Waals surface area contributed by atoms with Crippen LogP contribution in [0, 0.1) is 17.1 Å². The molecule has 10 nitrogen and oxygen atoms in total. The molecular formula is C24H26FN7O3. The zero-order valence-corrected chi connectivity index (χ0v) is 19.5. The van der Waals surface area contributed by atoms with Gasteiger partial charge in [0, 0.05) is 44.0 Å². The summed E-state index contributed by atoms with van der Waals surface area (Å²) in [7, 11) is 2.76. The van der Waals surface area contributed by atoms with Crippen LogP contribution in [0.3, 0.4) is 0 Å². The smallest absolute Gasteiger partial charge is 0.228 e. The second kappa shape index (κ2) is 9.99. The fourth-order valence-corrected chi connectivity index (χ4v) is 4.11. The zero-order valence-electron chi connectivity index (χ0n) is 19.5. The minimum atomic E-state index is -0.680. The Morgan fingerprint density at radius 2 is 1.94 bits per heavy atom. The molecule has 1 aliphatic heterocycles. The van der Waals surface area contributed by atoms with E-state index in [9.17, 15) is 4.79 Å². The van der Waals surface area contributed by atoms with Crippen LogP contribution in [0.2, 0.25) is 0 Å². The molecule has 0 unspecified atom stereocenters. The number of nitrogen functional groups attached to an aromatic ring is 1. The van der Waals surface area contributed by atoms with E-state index in [1.165, 1.54) is 14.2 Å². The van der Waals surface area contributed by atoms with Gasteiger partial charge in [-0.05, 0) is 23.8 Å². The molecule has 1 amide bonds. The summed E-state index contributed by atoms with van der Waals surface area (Å²) in [5.41, 5.74) is 13.6. The van der Waals surface area contributed by atoms with Crippen molar-refractivity contribution in [1.82, 2.24) is 14.9 Å². The molecule has 3 aromatic rings. The molecular weight excluding hydrogens is 453 g/mol. The van der Waals surface area contributed by atoms with Gasteiger partial charge in [0.15, 0.2) is 17.3 Å². The average Bonchev–Trinajstić information content (AvgIpc) is 2.88. The first-order chi connectivity index (χ1) is 16.9. The molecule has 35 heavy (non-hydrogen) atoms. The molecule has 182 valence electrons. The molecule has 0 spiro atoms. The van der Waals surface area contributed by atoms with Crippen molar-refractivity contribution < 1.29 is 18.7 Å². The highest BCUT2D eigenvalue weighted by Gasteiger charge is 2.26. The number of aromatic nitrogens is 2. The summed E-state index contributed by atoms with van der Waals surface area (Å²) in [4.78, 5) is 25.1. The summed E-state index contributed by atoms with van der Waals surface area (Å²) in [5.74, 6) is -0.227. The van der Waals surface area contributed by atoms with Crippen LogP contribution in [-0.4, -0.2) is 61.2 Å². The lowest BCUT2D eigenvalue weighted by Crippen LogP contribution is -2.49. The van der Waals surface area contributed by atoms with E-state index in [-0.39, 0.29) is 41.1 Å². The fraction of sp³-hybridized carbons (Fsp3) is 0.333. The van der Waals surface area contributed by atoms with E-state index in [1.54, 1.807) is 29.2 Å². The third kappa shape index (κ3) is 4.74. The van der Waals surface area contributed by atoms with Crippen LogP contribution >= 0.6 is 0 Å². The highest BCUT2D eigenvalue weighted by molar-refractivity contribution is 5.92. The van der Waals surface area contributed by atoms with Crippen molar-refractivity contribution in [2.45, 2.75) is 12.5 Å². The van der Waals surface area contributed by atoms with Crippen molar-refractivity contribution in [2.24, 2.45) is 5.73 Å². The van der Waals surface area contributed by atoms with E-state index in [2.05, 4.69) is 16.0 Å². The Hall–Kier alpha value is -4.17. The number of fused-ring (bicyclic) bond motifs is 1. The summed E-state index contributed by atoms with van der Waals surface area (Å²) >= 11 is 0. The van der Waals surface area contributed by atoms with Crippen LogP contribution in [0.1, 0.15) is 23.6 Å². The Bertz CT molecular complexity index is 1300. The van der Waals surface area contributed by atoms with Crippen LogP contribution in [-0.2, 0) is 4.79 Å². The highest BCUT2D eigenvalue weighted by atomic mass is 19.1. The van der Waals surface area contributed by atoms with Crippen LogP contribution in [0.4, 0.5) is 16.2 Å². The first-order valence-corrected chi connectivity index (χ1v) is 11.0. The maximum atomic E-state index is 15.1. The number of nitrogens with two attached hydrogens (primary N) is 2. The number of hydrogen-bond donors (Lipinski definition) is 2. The standard InChI is InChI=1S/C24H26FN7O3/c1-34-18-11-16-21(20(25)22(18)35-2)29-24(30-23(16)28)32-8-6-31(7-9-32)19(33)12-17(27)15-5-3-4-14(10-15)13-26/h3-5,10-11,17H,6-9,12,27H2,1-2H3,(H2,28,29,30)/t17-/m1/s1. The number of nitrogens with zero attached hydrogens (tertiary/aromatic N) is 5. The number of carbonyl (C=O) groups is 1. The number of piperazine rings is 1. The lowest BCUT2D eigenvalue weighted by atomic mass is 10.0. The maximum absolute atomic E-state index is 15.1. The van der Waals surface area contributed by atoms with Gasteiger partial charge in [-0.3, -0.25) is 4.79 Å².